The average Bonchev–Trinajstić information content (AvgIpc) is 3.24. The van der Waals surface area contributed by atoms with Crippen molar-refractivity contribution in [1.82, 2.24) is 4.98 Å². The fraction of sp³-hybridized carbons (Fsp3) is 0.250. The van der Waals surface area contributed by atoms with E-state index in [0.29, 0.717) is 23.1 Å². The number of ether oxygens (including phenoxy) is 1. The SMILES string of the molecule is COc1ccc(C)cc1N1C[C@H](C(=O)Nc2nc3ccccc3s2)CC1=O. The van der Waals surface area contributed by atoms with E-state index in [4.69, 9.17) is 4.74 Å². The molecule has 0 radical (unpaired) electrons. The maximum Gasteiger partial charge on any atom is 0.231 e. The van der Waals surface area contributed by atoms with Crippen LogP contribution in [-0.2, 0) is 9.59 Å². The van der Waals surface area contributed by atoms with Gasteiger partial charge < -0.3 is 15.0 Å². The van der Waals surface area contributed by atoms with Crippen LogP contribution in [0.4, 0.5) is 10.8 Å². The van der Waals surface area contributed by atoms with E-state index in [2.05, 4.69) is 10.3 Å². The van der Waals surface area contributed by atoms with E-state index in [-0.39, 0.29) is 18.2 Å². The Morgan fingerprint density at radius 3 is 2.89 bits per heavy atom. The first-order chi connectivity index (χ1) is 13.0. The molecule has 1 aromatic heterocycles. The Morgan fingerprint density at radius 2 is 2.11 bits per heavy atom. The Bertz CT molecular complexity index is 997. The van der Waals surface area contributed by atoms with Crippen LogP contribution >= 0.6 is 11.3 Å². The normalized spacial score (nSPS) is 16.7. The number of hydrogen-bond acceptors (Lipinski definition) is 5. The first-order valence-corrected chi connectivity index (χ1v) is 9.48. The fourth-order valence-corrected chi connectivity index (χ4v) is 4.13. The summed E-state index contributed by atoms with van der Waals surface area (Å²) in [5, 5.41) is 3.42. The molecule has 0 unspecified atom stereocenters. The van der Waals surface area contributed by atoms with Crippen LogP contribution in [0.5, 0.6) is 5.75 Å². The highest BCUT2D eigenvalue weighted by Crippen LogP contribution is 2.34. The lowest BCUT2D eigenvalue weighted by atomic mass is 10.1. The van der Waals surface area contributed by atoms with Crippen LogP contribution in [0.25, 0.3) is 10.2 Å². The van der Waals surface area contributed by atoms with Crippen molar-refractivity contribution < 1.29 is 14.3 Å². The van der Waals surface area contributed by atoms with Crippen molar-refractivity contribution in [2.45, 2.75) is 13.3 Å². The number of benzene rings is 2. The zero-order valence-electron chi connectivity index (χ0n) is 15.1. The molecule has 4 rings (SSSR count). The summed E-state index contributed by atoms with van der Waals surface area (Å²) in [5.41, 5.74) is 2.59. The molecule has 6 nitrogen and oxygen atoms in total. The molecule has 1 saturated heterocycles. The molecule has 2 aromatic carbocycles. The maximum atomic E-state index is 12.7. The molecular weight excluding hydrogens is 362 g/mol. The van der Waals surface area contributed by atoms with Gasteiger partial charge in [0.25, 0.3) is 0 Å². The van der Waals surface area contributed by atoms with Crippen molar-refractivity contribution in [3.63, 3.8) is 0 Å². The molecule has 3 aromatic rings. The van der Waals surface area contributed by atoms with Crippen LogP contribution < -0.4 is 15.0 Å². The van der Waals surface area contributed by atoms with Gasteiger partial charge in [0.1, 0.15) is 5.75 Å². The van der Waals surface area contributed by atoms with E-state index >= 15 is 0 Å². The Hall–Kier alpha value is -2.93. The Kier molecular flexibility index (Phi) is 4.53. The number of anilines is 2. The number of carbonyl (C=O) groups is 2. The van der Waals surface area contributed by atoms with Gasteiger partial charge in [-0.3, -0.25) is 9.59 Å². The molecular formula is C20H19N3O3S. The fourth-order valence-electron chi connectivity index (χ4n) is 3.26. The predicted molar refractivity (Wildman–Crippen MR) is 106 cm³/mol. The first-order valence-electron chi connectivity index (χ1n) is 8.66. The van der Waals surface area contributed by atoms with Gasteiger partial charge >= 0.3 is 0 Å². The summed E-state index contributed by atoms with van der Waals surface area (Å²) in [6, 6.07) is 13.4. The number of carbonyl (C=O) groups excluding carboxylic acids is 2. The minimum absolute atomic E-state index is 0.0802. The highest BCUT2D eigenvalue weighted by Gasteiger charge is 2.36. The number of fused-ring (bicyclic) bond motifs is 1. The molecule has 27 heavy (non-hydrogen) atoms. The summed E-state index contributed by atoms with van der Waals surface area (Å²) in [5.74, 6) is -0.0595. The van der Waals surface area contributed by atoms with Gasteiger partial charge in [0.15, 0.2) is 5.13 Å². The zero-order chi connectivity index (χ0) is 19.0. The number of amides is 2. The summed E-state index contributed by atoms with van der Waals surface area (Å²) >= 11 is 1.43. The number of rotatable bonds is 4. The molecule has 0 spiro atoms. The molecule has 0 bridgehead atoms. The van der Waals surface area contributed by atoms with Crippen molar-refractivity contribution in [3.8, 4) is 5.75 Å². The second-order valence-electron chi connectivity index (χ2n) is 6.56. The van der Waals surface area contributed by atoms with E-state index < -0.39 is 5.92 Å². The molecule has 1 atom stereocenters. The summed E-state index contributed by atoms with van der Waals surface area (Å²) in [4.78, 5) is 31.3. The molecule has 0 aliphatic carbocycles. The summed E-state index contributed by atoms with van der Waals surface area (Å²) in [6.07, 6.45) is 0.174. The molecule has 7 heteroatoms. The van der Waals surface area contributed by atoms with Crippen molar-refractivity contribution in [1.29, 1.82) is 0 Å². The number of nitrogens with one attached hydrogen (secondary N) is 1. The Balaban J connectivity index is 1.51. The van der Waals surface area contributed by atoms with Crippen molar-refractivity contribution in [2.75, 3.05) is 23.9 Å². The lowest BCUT2D eigenvalue weighted by Gasteiger charge is -2.20. The van der Waals surface area contributed by atoms with Crippen molar-refractivity contribution in [2.24, 2.45) is 5.92 Å². The van der Waals surface area contributed by atoms with Gasteiger partial charge in [-0.15, -0.1) is 0 Å². The van der Waals surface area contributed by atoms with Crippen LogP contribution in [0.2, 0.25) is 0 Å². The van der Waals surface area contributed by atoms with E-state index in [1.165, 1.54) is 11.3 Å². The number of aromatic nitrogens is 1. The van der Waals surface area contributed by atoms with Crippen LogP contribution in [0, 0.1) is 12.8 Å². The molecule has 2 amide bonds. The second kappa shape index (κ2) is 7.00. The molecule has 2 heterocycles. The summed E-state index contributed by atoms with van der Waals surface area (Å²) in [7, 11) is 1.58. The standard InChI is InChI=1S/C20H19N3O3S/c1-12-7-8-16(26-2)15(9-12)23-11-13(10-18(23)24)19(25)22-20-21-14-5-3-4-6-17(14)27-20/h3-9,13H,10-11H2,1-2H3,(H,21,22,25)/t13-/m1/s1. The third-order valence-electron chi connectivity index (χ3n) is 4.64. The zero-order valence-corrected chi connectivity index (χ0v) is 15.9. The number of methoxy groups -OCH3 is 1. The van der Waals surface area contributed by atoms with E-state index in [1.807, 2.05) is 49.4 Å². The summed E-state index contributed by atoms with van der Waals surface area (Å²) in [6.45, 7) is 2.29. The van der Waals surface area contributed by atoms with Crippen LogP contribution in [-0.4, -0.2) is 30.5 Å². The number of hydrogen-bond donors (Lipinski definition) is 1. The van der Waals surface area contributed by atoms with Crippen LogP contribution in [0.15, 0.2) is 42.5 Å². The van der Waals surface area contributed by atoms with Gasteiger partial charge in [-0.05, 0) is 36.8 Å². The average molecular weight is 381 g/mol. The first kappa shape index (κ1) is 17.5. The minimum Gasteiger partial charge on any atom is -0.495 e. The third-order valence-corrected chi connectivity index (χ3v) is 5.60. The number of para-hydroxylation sites is 1. The van der Waals surface area contributed by atoms with E-state index in [0.717, 1.165) is 15.8 Å². The van der Waals surface area contributed by atoms with Crippen LogP contribution in [0.1, 0.15) is 12.0 Å². The topological polar surface area (TPSA) is 71.5 Å². The van der Waals surface area contributed by atoms with Gasteiger partial charge in [0.05, 0.1) is 28.9 Å². The van der Waals surface area contributed by atoms with Gasteiger partial charge in [0.2, 0.25) is 11.8 Å². The Morgan fingerprint density at radius 1 is 1.30 bits per heavy atom. The molecule has 1 aliphatic heterocycles. The molecule has 138 valence electrons. The number of thiazole rings is 1. The van der Waals surface area contributed by atoms with Crippen molar-refractivity contribution >= 4 is 44.2 Å². The quantitative estimate of drug-likeness (QED) is 0.749. The molecule has 0 saturated carbocycles. The van der Waals surface area contributed by atoms with Crippen LogP contribution in [0.3, 0.4) is 0 Å². The lowest BCUT2D eigenvalue weighted by molar-refractivity contribution is -0.122. The lowest BCUT2D eigenvalue weighted by Crippen LogP contribution is -2.28. The molecule has 1 fully saturated rings. The monoisotopic (exact) mass is 381 g/mol. The van der Waals surface area contributed by atoms with Gasteiger partial charge in [0, 0.05) is 13.0 Å². The van der Waals surface area contributed by atoms with Gasteiger partial charge in [-0.1, -0.05) is 29.5 Å². The van der Waals surface area contributed by atoms with Gasteiger partial charge in [-0.2, -0.15) is 0 Å². The second-order valence-corrected chi connectivity index (χ2v) is 7.59. The number of nitrogens with zero attached hydrogens (tertiary/aromatic N) is 2. The maximum absolute atomic E-state index is 12.7. The van der Waals surface area contributed by atoms with Crippen molar-refractivity contribution in [3.05, 3.63) is 48.0 Å². The molecule has 1 N–H and O–H groups in total. The highest BCUT2D eigenvalue weighted by molar-refractivity contribution is 7.22. The minimum atomic E-state index is -0.422. The summed E-state index contributed by atoms with van der Waals surface area (Å²) < 4.78 is 6.40. The van der Waals surface area contributed by atoms with E-state index in [1.54, 1.807) is 12.0 Å². The third kappa shape index (κ3) is 3.38. The molecule has 1 aliphatic rings. The Labute approximate surface area is 160 Å². The van der Waals surface area contributed by atoms with E-state index in [9.17, 15) is 9.59 Å². The number of aryl methyl sites for hydroxylation is 1. The highest BCUT2D eigenvalue weighted by atomic mass is 32.1. The predicted octanol–water partition coefficient (Wildman–Crippen LogP) is 3.60. The van der Waals surface area contributed by atoms with Gasteiger partial charge in [-0.25, -0.2) is 4.98 Å². The smallest absolute Gasteiger partial charge is 0.231 e. The largest absolute Gasteiger partial charge is 0.495 e.